The fourth-order valence-corrected chi connectivity index (χ4v) is 4.85. The molecule has 4 heterocycles. The van der Waals surface area contributed by atoms with Gasteiger partial charge in [0.05, 0.1) is 30.8 Å². The zero-order valence-corrected chi connectivity index (χ0v) is 20.8. The smallest absolute Gasteiger partial charge is 0.407 e. The molecule has 2 fully saturated rings. The van der Waals surface area contributed by atoms with Crippen LogP contribution in [0.1, 0.15) is 18.9 Å². The summed E-state index contributed by atoms with van der Waals surface area (Å²) >= 11 is 0. The Morgan fingerprint density at radius 2 is 1.82 bits per heavy atom. The first kappa shape index (κ1) is 24.3. The summed E-state index contributed by atoms with van der Waals surface area (Å²) in [7, 11) is 0. The molecular weight excluding hydrogens is 489 g/mol. The predicted molar refractivity (Wildman–Crippen MR) is 141 cm³/mol. The first-order valence-corrected chi connectivity index (χ1v) is 12.8. The molecule has 0 aliphatic carbocycles. The lowest BCUT2D eigenvalue weighted by Crippen LogP contribution is -2.37. The number of ether oxygens (including phenoxy) is 2. The van der Waals surface area contributed by atoms with Gasteiger partial charge in [0.25, 0.3) is 0 Å². The zero-order chi connectivity index (χ0) is 25.9. The summed E-state index contributed by atoms with van der Waals surface area (Å²) in [6, 6.07) is 13.2. The normalized spacial score (nSPS) is 16.5. The van der Waals surface area contributed by atoms with Crippen LogP contribution in [0.25, 0.3) is 22.4 Å². The van der Waals surface area contributed by atoms with Gasteiger partial charge in [0, 0.05) is 24.3 Å². The summed E-state index contributed by atoms with van der Waals surface area (Å²) in [5.74, 6) is 0.689. The number of para-hydroxylation sites is 1. The third-order valence-corrected chi connectivity index (χ3v) is 6.83. The number of halogens is 1. The van der Waals surface area contributed by atoms with Crippen LogP contribution < -0.4 is 20.3 Å². The second kappa shape index (κ2) is 10.7. The van der Waals surface area contributed by atoms with Crippen molar-refractivity contribution in [3.8, 4) is 17.1 Å². The van der Waals surface area contributed by atoms with Gasteiger partial charge in [0.15, 0.2) is 23.0 Å². The third-order valence-electron chi connectivity index (χ3n) is 6.83. The molecule has 2 aromatic carbocycles. The van der Waals surface area contributed by atoms with Gasteiger partial charge in [-0.25, -0.2) is 23.8 Å². The van der Waals surface area contributed by atoms with Gasteiger partial charge in [-0.2, -0.15) is 5.10 Å². The molecular formula is C27H28FN7O3. The van der Waals surface area contributed by atoms with Gasteiger partial charge in [-0.3, -0.25) is 5.32 Å². The number of carbonyl (C=O) groups excluding carboxylic acids is 1. The van der Waals surface area contributed by atoms with Crippen molar-refractivity contribution in [3.63, 3.8) is 0 Å². The van der Waals surface area contributed by atoms with E-state index in [1.165, 1.54) is 18.2 Å². The topological polar surface area (TPSA) is 106 Å². The predicted octanol–water partition coefficient (Wildman–Crippen LogP) is 4.00. The van der Waals surface area contributed by atoms with E-state index < -0.39 is 11.9 Å². The number of morpholine rings is 1. The minimum Gasteiger partial charge on any atom is -0.407 e. The molecule has 0 spiro atoms. The van der Waals surface area contributed by atoms with Crippen molar-refractivity contribution in [1.82, 2.24) is 25.1 Å². The number of amides is 1. The Bertz CT molecular complexity index is 1430. The Morgan fingerprint density at radius 3 is 2.58 bits per heavy atom. The number of anilines is 2. The molecule has 2 aliphatic rings. The van der Waals surface area contributed by atoms with E-state index in [1.807, 2.05) is 23.0 Å². The maximum Gasteiger partial charge on any atom is 0.417 e. The van der Waals surface area contributed by atoms with Gasteiger partial charge in [-0.1, -0.05) is 12.1 Å². The molecule has 0 bridgehead atoms. The van der Waals surface area contributed by atoms with E-state index in [9.17, 15) is 9.18 Å². The third kappa shape index (κ3) is 5.02. The molecule has 38 heavy (non-hydrogen) atoms. The van der Waals surface area contributed by atoms with Crippen LogP contribution in [-0.4, -0.2) is 65.2 Å². The van der Waals surface area contributed by atoms with Crippen molar-refractivity contribution < 1.29 is 18.7 Å². The van der Waals surface area contributed by atoms with Crippen molar-refractivity contribution in [2.45, 2.75) is 18.9 Å². The standard InChI is InChI=1S/C27H28FN7O3/c28-22-3-1-2-4-23(22)38-27(36)31-19-7-5-18(6-8-19)24-32-25(34-13-15-37-16-14-34)21-17-30-35(26(21)33-24)20-9-11-29-12-10-20/h1-8,17,20,29H,9-16H2,(H,31,36). The van der Waals surface area contributed by atoms with Crippen molar-refractivity contribution in [2.75, 3.05) is 49.6 Å². The summed E-state index contributed by atoms with van der Waals surface area (Å²) in [5, 5.41) is 11.7. The number of fused-ring (bicyclic) bond motifs is 1. The molecule has 11 heteroatoms. The molecule has 196 valence electrons. The summed E-state index contributed by atoms with van der Waals surface area (Å²) in [6.45, 7) is 4.69. The van der Waals surface area contributed by atoms with Crippen molar-refractivity contribution in [3.05, 3.63) is 60.5 Å². The molecule has 0 atom stereocenters. The SMILES string of the molecule is O=C(Nc1ccc(-c2nc(N3CCOCC3)c3cnn(C4CCNCC4)c3n2)cc1)Oc1ccccc1F. The highest BCUT2D eigenvalue weighted by Gasteiger charge is 2.24. The van der Waals surface area contributed by atoms with E-state index in [2.05, 4.69) is 15.5 Å². The maximum atomic E-state index is 13.8. The fourth-order valence-electron chi connectivity index (χ4n) is 4.85. The number of hydrogen-bond acceptors (Lipinski definition) is 8. The van der Waals surface area contributed by atoms with E-state index in [-0.39, 0.29) is 11.8 Å². The van der Waals surface area contributed by atoms with Gasteiger partial charge in [-0.05, 0) is 62.3 Å². The van der Waals surface area contributed by atoms with Gasteiger partial charge in [0.2, 0.25) is 0 Å². The van der Waals surface area contributed by atoms with E-state index in [4.69, 9.17) is 24.5 Å². The van der Waals surface area contributed by atoms with Crippen LogP contribution in [0.4, 0.5) is 20.7 Å². The molecule has 4 aromatic rings. The molecule has 6 rings (SSSR count). The Morgan fingerprint density at radius 1 is 1.05 bits per heavy atom. The number of nitrogens with one attached hydrogen (secondary N) is 2. The van der Waals surface area contributed by atoms with Crippen molar-refractivity contribution in [1.29, 1.82) is 0 Å². The minimum atomic E-state index is -0.777. The van der Waals surface area contributed by atoms with Gasteiger partial charge < -0.3 is 19.7 Å². The second-order valence-electron chi connectivity index (χ2n) is 9.30. The molecule has 10 nitrogen and oxygen atoms in total. The summed E-state index contributed by atoms with van der Waals surface area (Å²) in [4.78, 5) is 24.4. The van der Waals surface area contributed by atoms with E-state index in [0.29, 0.717) is 24.7 Å². The highest BCUT2D eigenvalue weighted by molar-refractivity contribution is 5.89. The quantitative estimate of drug-likeness (QED) is 0.409. The molecule has 0 unspecified atom stereocenters. The number of carbonyl (C=O) groups is 1. The number of hydrogen-bond donors (Lipinski definition) is 2. The van der Waals surface area contributed by atoms with E-state index in [1.54, 1.807) is 18.2 Å². The van der Waals surface area contributed by atoms with Crippen LogP contribution in [-0.2, 0) is 4.74 Å². The van der Waals surface area contributed by atoms with Gasteiger partial charge in [0.1, 0.15) is 5.82 Å². The molecule has 0 saturated carbocycles. The molecule has 0 radical (unpaired) electrons. The molecule has 1 amide bonds. The first-order chi connectivity index (χ1) is 18.7. The largest absolute Gasteiger partial charge is 0.417 e. The Labute approximate surface area is 218 Å². The van der Waals surface area contributed by atoms with Crippen molar-refractivity contribution >= 4 is 28.6 Å². The molecule has 2 aromatic heterocycles. The Balaban J connectivity index is 1.29. The highest BCUT2D eigenvalue weighted by Crippen LogP contribution is 2.31. The maximum absolute atomic E-state index is 13.8. The molecule has 2 saturated heterocycles. The minimum absolute atomic E-state index is 0.135. The van der Waals surface area contributed by atoms with Crippen LogP contribution >= 0.6 is 0 Å². The average Bonchev–Trinajstić information content (AvgIpc) is 3.39. The Hall–Kier alpha value is -4.09. The lowest BCUT2D eigenvalue weighted by atomic mass is 10.1. The van der Waals surface area contributed by atoms with E-state index >= 15 is 0 Å². The lowest BCUT2D eigenvalue weighted by molar-refractivity contribution is 0.122. The summed E-state index contributed by atoms with van der Waals surface area (Å²) < 4.78 is 26.5. The second-order valence-corrected chi connectivity index (χ2v) is 9.30. The number of nitrogens with zero attached hydrogens (tertiary/aromatic N) is 5. The van der Waals surface area contributed by atoms with Crippen LogP contribution in [0.3, 0.4) is 0 Å². The van der Waals surface area contributed by atoms with Gasteiger partial charge >= 0.3 is 6.09 Å². The first-order valence-electron chi connectivity index (χ1n) is 12.8. The number of benzene rings is 2. The zero-order valence-electron chi connectivity index (χ0n) is 20.8. The summed E-state index contributed by atoms with van der Waals surface area (Å²) in [5.41, 5.74) is 2.12. The number of rotatable bonds is 5. The fraction of sp³-hybridized carbons (Fsp3) is 0.333. The summed E-state index contributed by atoms with van der Waals surface area (Å²) in [6.07, 6.45) is 3.08. The molecule has 2 N–H and O–H groups in total. The van der Waals surface area contributed by atoms with Gasteiger partial charge in [-0.15, -0.1) is 0 Å². The van der Waals surface area contributed by atoms with Crippen molar-refractivity contribution in [2.24, 2.45) is 0 Å². The van der Waals surface area contributed by atoms with Crippen LogP contribution in [0.15, 0.2) is 54.7 Å². The average molecular weight is 518 g/mol. The highest BCUT2D eigenvalue weighted by atomic mass is 19.1. The number of piperidine rings is 1. The monoisotopic (exact) mass is 517 g/mol. The lowest BCUT2D eigenvalue weighted by Gasteiger charge is -2.28. The number of aromatic nitrogens is 4. The van der Waals surface area contributed by atoms with Crippen LogP contribution in [0, 0.1) is 5.82 Å². The molecule has 2 aliphatic heterocycles. The van der Waals surface area contributed by atoms with E-state index in [0.717, 1.165) is 61.4 Å². The Kier molecular flexibility index (Phi) is 6.84. The van der Waals surface area contributed by atoms with Crippen LogP contribution in [0.2, 0.25) is 0 Å². The van der Waals surface area contributed by atoms with Crippen LogP contribution in [0.5, 0.6) is 5.75 Å².